The van der Waals surface area contributed by atoms with Gasteiger partial charge >= 0.3 is 0 Å². The first-order valence-corrected chi connectivity index (χ1v) is 41.8. The molecule has 0 amide bonds. The van der Waals surface area contributed by atoms with E-state index < -0.39 is 0 Å². The van der Waals surface area contributed by atoms with Crippen LogP contribution < -0.4 is 9.80 Å². The molecule has 0 aliphatic heterocycles. The number of nitrogens with zero attached hydrogens (tertiary/aromatic N) is 4. The third kappa shape index (κ3) is 12.2. The molecule has 120 heavy (non-hydrogen) atoms. The van der Waals surface area contributed by atoms with E-state index in [1.54, 1.807) is 0 Å². The van der Waals surface area contributed by atoms with Crippen LogP contribution in [0, 0.1) is 0 Å². The number of hydrogen-bond acceptors (Lipinski definition) is 2. The number of aromatic nitrogens is 2. The molecule has 2 heterocycles. The quantitative estimate of drug-likeness (QED) is 0.114. The fourth-order valence-electron chi connectivity index (χ4n) is 19.5. The van der Waals surface area contributed by atoms with Crippen LogP contribution in [0.25, 0.3) is 154 Å². The molecule has 23 rings (SSSR count). The minimum absolute atomic E-state index is 0.0975. The molecule has 0 bridgehead atoms. The lowest BCUT2D eigenvalue weighted by Crippen LogP contribution is -2.16. The zero-order valence-corrected chi connectivity index (χ0v) is 67.4. The molecule has 0 unspecified atom stereocenters. The number of rotatable bonds is 13. The molecule has 0 N–H and O–H groups in total. The van der Waals surface area contributed by atoms with Gasteiger partial charge in [-0.25, -0.2) is 0 Å². The summed E-state index contributed by atoms with van der Waals surface area (Å²) in [7, 11) is 0. The molecular weight excluding hydrogens is 1450 g/mol. The highest BCUT2D eigenvalue weighted by atomic mass is 15.1. The molecule has 0 saturated heterocycles. The van der Waals surface area contributed by atoms with Gasteiger partial charge in [-0.2, -0.15) is 0 Å². The van der Waals surface area contributed by atoms with Crippen LogP contribution in [0.3, 0.4) is 0 Å². The zero-order chi connectivity index (χ0) is 80.2. The molecule has 0 saturated carbocycles. The van der Waals surface area contributed by atoms with Crippen molar-refractivity contribution < 1.29 is 0 Å². The van der Waals surface area contributed by atoms with Gasteiger partial charge in [0, 0.05) is 77.9 Å². The van der Waals surface area contributed by atoms with Crippen LogP contribution in [0.15, 0.2) is 437 Å². The van der Waals surface area contributed by atoms with Crippen molar-refractivity contribution in [3.05, 3.63) is 459 Å². The van der Waals surface area contributed by atoms with E-state index in [0.29, 0.717) is 0 Å². The van der Waals surface area contributed by atoms with Crippen molar-refractivity contribution >= 4 is 99.3 Å². The van der Waals surface area contributed by atoms with Gasteiger partial charge in [0.15, 0.2) is 0 Å². The van der Waals surface area contributed by atoms with Crippen molar-refractivity contribution in [3.8, 4) is 89.3 Å². The molecule has 4 heteroatoms. The maximum absolute atomic E-state index is 2.43. The highest BCUT2D eigenvalue weighted by molar-refractivity contribution is 6.12. The Morgan fingerprint density at radius 1 is 0.175 bits per heavy atom. The number of anilines is 6. The fourth-order valence-corrected chi connectivity index (χ4v) is 19.5. The van der Waals surface area contributed by atoms with E-state index in [1.165, 1.54) is 177 Å². The molecule has 0 atom stereocenters. The smallest absolute Gasteiger partial charge is 0.0541 e. The monoisotopic (exact) mass is 1530 g/mol. The van der Waals surface area contributed by atoms with E-state index in [4.69, 9.17) is 0 Å². The van der Waals surface area contributed by atoms with Crippen LogP contribution >= 0.6 is 0 Å². The molecule has 2 aliphatic rings. The molecule has 568 valence electrons. The maximum Gasteiger partial charge on any atom is 0.0541 e. The summed E-state index contributed by atoms with van der Waals surface area (Å²) < 4.78 is 4.75. The van der Waals surface area contributed by atoms with E-state index in [1.807, 2.05) is 0 Å². The van der Waals surface area contributed by atoms with Gasteiger partial charge in [0.2, 0.25) is 0 Å². The highest BCUT2D eigenvalue weighted by Gasteiger charge is 2.38. The van der Waals surface area contributed by atoms with Gasteiger partial charge < -0.3 is 18.9 Å². The number of para-hydroxylation sites is 4. The van der Waals surface area contributed by atoms with Gasteiger partial charge in [-0.1, -0.05) is 319 Å². The summed E-state index contributed by atoms with van der Waals surface area (Å²) in [5.41, 5.74) is 36.5. The van der Waals surface area contributed by atoms with Crippen LogP contribution in [0.4, 0.5) is 34.1 Å². The van der Waals surface area contributed by atoms with Crippen molar-refractivity contribution in [2.75, 3.05) is 9.80 Å². The summed E-state index contributed by atoms with van der Waals surface area (Å²) in [6.45, 7) is 9.43. The molecule has 2 aromatic heterocycles. The van der Waals surface area contributed by atoms with Crippen molar-refractivity contribution in [1.82, 2.24) is 9.13 Å². The first kappa shape index (κ1) is 71.4. The number of benzene rings is 19. The van der Waals surface area contributed by atoms with Gasteiger partial charge in [-0.05, 0) is 267 Å². The Balaban J connectivity index is 0.000000145. The molecule has 2 aliphatic carbocycles. The molecule has 19 aromatic carbocycles. The Morgan fingerprint density at radius 2 is 0.517 bits per heavy atom. The van der Waals surface area contributed by atoms with Crippen molar-refractivity contribution in [3.63, 3.8) is 0 Å². The number of hydrogen-bond donors (Lipinski definition) is 0. The zero-order valence-electron chi connectivity index (χ0n) is 67.4. The van der Waals surface area contributed by atoms with Gasteiger partial charge in [-0.3, -0.25) is 0 Å². The van der Waals surface area contributed by atoms with Crippen LogP contribution in [0.5, 0.6) is 0 Å². The van der Waals surface area contributed by atoms with Gasteiger partial charge in [0.1, 0.15) is 0 Å². The lowest BCUT2D eigenvalue weighted by Gasteiger charge is -2.28. The van der Waals surface area contributed by atoms with Gasteiger partial charge in [0.05, 0.1) is 22.1 Å². The fraction of sp³-hybridized carbons (Fsp3) is 0.0517. The molecular formula is C116H84N4. The van der Waals surface area contributed by atoms with Crippen LogP contribution in [0.1, 0.15) is 49.9 Å². The Bertz CT molecular complexity index is 7570. The van der Waals surface area contributed by atoms with Gasteiger partial charge in [-0.15, -0.1) is 0 Å². The average molecular weight is 1530 g/mol. The lowest BCUT2D eigenvalue weighted by molar-refractivity contribution is 0.660. The summed E-state index contributed by atoms with van der Waals surface area (Å²) in [6.07, 6.45) is 0. The van der Waals surface area contributed by atoms with Crippen molar-refractivity contribution in [1.29, 1.82) is 0 Å². The molecule has 21 aromatic rings. The molecule has 0 fully saturated rings. The van der Waals surface area contributed by atoms with Crippen LogP contribution in [-0.2, 0) is 10.8 Å². The van der Waals surface area contributed by atoms with E-state index in [-0.39, 0.29) is 10.8 Å². The summed E-state index contributed by atoms with van der Waals surface area (Å²) in [4.78, 5) is 4.84. The van der Waals surface area contributed by atoms with E-state index >= 15 is 0 Å². The Morgan fingerprint density at radius 3 is 1.05 bits per heavy atom. The lowest BCUT2D eigenvalue weighted by atomic mass is 9.82. The first-order valence-electron chi connectivity index (χ1n) is 41.8. The molecule has 0 spiro atoms. The largest absolute Gasteiger partial charge is 0.310 e. The first-order chi connectivity index (χ1) is 59.0. The SMILES string of the molecule is CC1(C)c2ccccc2-c2ccc(N(c3ccc(-c4ccc5c(c4)c4ccccc4n5-c4ccccc4)cc3)c3cccc(-c4cccc(-c5cccc6ccccc56)c4)c3)cc21.CC1(C)c2ccccc2-c2ccc(N(c3ccc(-c4ccc5ccccc5c4)cc3)c3ccc(-c4ccc5c(c4)c4ccccc4n5-c4ccccc4)cc3)cc21. The Labute approximate surface area is 700 Å². The molecule has 0 radical (unpaired) electrons. The van der Waals surface area contributed by atoms with E-state index in [0.717, 1.165) is 34.1 Å². The van der Waals surface area contributed by atoms with Crippen LogP contribution in [0.2, 0.25) is 0 Å². The second-order valence-electron chi connectivity index (χ2n) is 33.2. The highest BCUT2D eigenvalue weighted by Crippen LogP contribution is 2.54. The van der Waals surface area contributed by atoms with E-state index in [2.05, 4.69) is 483 Å². The van der Waals surface area contributed by atoms with Crippen LogP contribution in [-0.4, -0.2) is 9.13 Å². The number of fused-ring (bicyclic) bond motifs is 14. The van der Waals surface area contributed by atoms with Gasteiger partial charge in [0.25, 0.3) is 0 Å². The summed E-state index contributed by atoms with van der Waals surface area (Å²) in [6, 6.07) is 160. The average Bonchev–Trinajstić information content (AvgIpc) is 1.58. The third-order valence-electron chi connectivity index (χ3n) is 25.6. The van der Waals surface area contributed by atoms with E-state index in [9.17, 15) is 0 Å². The second-order valence-corrected chi connectivity index (χ2v) is 33.2. The van der Waals surface area contributed by atoms with Crippen molar-refractivity contribution in [2.24, 2.45) is 0 Å². The standard InChI is InChI=1S/C61H44N2.C55H40N2/c1-61(2)57-27-10-8-24-53(57)54-35-34-50(40-58(54)61)62(49-22-13-18-44(38-49)43-17-12-19-46(37-43)52-26-14-16-42-15-6-7-23-51(42)52)48-32-29-41(30-33-48)45-31-36-60-56(39-45)55-25-9-11-28-59(55)63(60)47-20-4-3-5-21-47;1-55(2)51-18-10-8-16-47(51)48-32-31-46(36-52(48)55)56(44-27-22-38(23-28-44)41-21-20-37-12-6-7-13-40(37)34-41)45-29-24-39(25-30-45)42-26-33-54-50(35-42)49-17-9-11-19-53(49)57(54)43-14-4-3-5-15-43/h3-40H,1-2H3;3-36H,1-2H3. The summed E-state index contributed by atoms with van der Waals surface area (Å²) >= 11 is 0. The second kappa shape index (κ2) is 29.0. The minimum Gasteiger partial charge on any atom is -0.310 e. The third-order valence-corrected chi connectivity index (χ3v) is 25.6. The molecule has 4 nitrogen and oxygen atoms in total. The normalized spacial score (nSPS) is 12.8. The topological polar surface area (TPSA) is 16.3 Å². The Kier molecular flexibility index (Phi) is 17.2. The summed E-state index contributed by atoms with van der Waals surface area (Å²) in [5, 5.41) is 10.0. The summed E-state index contributed by atoms with van der Waals surface area (Å²) in [5.74, 6) is 0. The maximum atomic E-state index is 2.43. The minimum atomic E-state index is -0.121. The predicted molar refractivity (Wildman–Crippen MR) is 508 cm³/mol. The predicted octanol–water partition coefficient (Wildman–Crippen LogP) is 31.8. The Hall–Kier alpha value is -15.1. The van der Waals surface area contributed by atoms with Crippen molar-refractivity contribution in [2.45, 2.75) is 38.5 Å².